The lowest BCUT2D eigenvalue weighted by Gasteiger charge is -2.16. The summed E-state index contributed by atoms with van der Waals surface area (Å²) in [6.45, 7) is 0. The van der Waals surface area contributed by atoms with Crippen molar-refractivity contribution >= 4 is 22.4 Å². The Morgan fingerprint density at radius 3 is 2.35 bits per heavy atom. The third-order valence-electron chi connectivity index (χ3n) is 2.50. The molecule has 2 rings (SSSR count). The zero-order valence-electron chi connectivity index (χ0n) is 9.77. The Morgan fingerprint density at radius 2 is 1.76 bits per heavy atom. The minimum absolute atomic E-state index is 0.324. The molecule has 2 N–H and O–H groups in total. The van der Waals surface area contributed by atoms with Gasteiger partial charge in [0.05, 0.1) is 11.3 Å². The van der Waals surface area contributed by atoms with E-state index in [9.17, 15) is 4.79 Å². The van der Waals surface area contributed by atoms with Gasteiger partial charge in [0.15, 0.2) is 0 Å². The Labute approximate surface area is 99.4 Å². The van der Waals surface area contributed by atoms with Gasteiger partial charge in [-0.15, -0.1) is 0 Å². The second-order valence-electron chi connectivity index (χ2n) is 4.02. The molecule has 0 unspecified atom stereocenters. The number of hydrazine groups is 1. The van der Waals surface area contributed by atoms with Gasteiger partial charge in [0.1, 0.15) is 0 Å². The Morgan fingerprint density at radius 1 is 1.12 bits per heavy atom. The molecule has 4 heteroatoms. The maximum atomic E-state index is 11.1. The lowest BCUT2D eigenvalue weighted by Crippen LogP contribution is -2.19. The van der Waals surface area contributed by atoms with E-state index in [1.807, 2.05) is 43.4 Å². The lowest BCUT2D eigenvalue weighted by molar-refractivity contribution is 0.0699. The van der Waals surface area contributed by atoms with Crippen LogP contribution >= 0.6 is 0 Å². The molecule has 0 bridgehead atoms. The van der Waals surface area contributed by atoms with Crippen LogP contribution in [0.25, 0.3) is 10.8 Å². The van der Waals surface area contributed by atoms with Crippen molar-refractivity contribution in [3.63, 3.8) is 0 Å². The summed E-state index contributed by atoms with van der Waals surface area (Å²) in [6.07, 6.45) is 0. The van der Waals surface area contributed by atoms with Gasteiger partial charge in [0, 0.05) is 19.5 Å². The summed E-state index contributed by atoms with van der Waals surface area (Å²) < 4.78 is 0. The van der Waals surface area contributed by atoms with Crippen LogP contribution in [0, 0.1) is 0 Å². The van der Waals surface area contributed by atoms with Crippen molar-refractivity contribution in [2.24, 2.45) is 0 Å². The number of rotatable bonds is 3. The minimum Gasteiger partial charge on any atom is -0.478 e. The van der Waals surface area contributed by atoms with Crippen LogP contribution in [-0.2, 0) is 0 Å². The molecule has 17 heavy (non-hydrogen) atoms. The average Bonchev–Trinajstić information content (AvgIpc) is 2.28. The molecule has 2 aromatic carbocycles. The monoisotopic (exact) mass is 230 g/mol. The summed E-state index contributed by atoms with van der Waals surface area (Å²) in [5, 5.41) is 12.6. The molecule has 0 radical (unpaired) electrons. The molecule has 0 aliphatic heterocycles. The van der Waals surface area contributed by atoms with E-state index < -0.39 is 5.97 Å². The smallest absolute Gasteiger partial charge is 0.336 e. The highest BCUT2D eigenvalue weighted by atomic mass is 16.4. The van der Waals surface area contributed by atoms with Crippen LogP contribution in [0.5, 0.6) is 0 Å². The normalized spacial score (nSPS) is 10.8. The fourth-order valence-electron chi connectivity index (χ4n) is 1.82. The summed E-state index contributed by atoms with van der Waals surface area (Å²) in [6, 6.07) is 10.9. The van der Waals surface area contributed by atoms with Crippen LogP contribution in [0.4, 0.5) is 5.69 Å². The topological polar surface area (TPSA) is 52.6 Å². The molecule has 0 aliphatic rings. The van der Waals surface area contributed by atoms with E-state index in [1.54, 1.807) is 12.1 Å². The zero-order valence-corrected chi connectivity index (χ0v) is 9.77. The van der Waals surface area contributed by atoms with Crippen molar-refractivity contribution in [1.82, 2.24) is 5.01 Å². The molecule has 0 heterocycles. The van der Waals surface area contributed by atoms with Crippen LogP contribution in [-0.4, -0.2) is 30.2 Å². The number of hydrogen-bond donors (Lipinski definition) is 2. The van der Waals surface area contributed by atoms with Crippen LogP contribution < -0.4 is 5.43 Å². The Kier molecular flexibility index (Phi) is 2.97. The largest absolute Gasteiger partial charge is 0.478 e. The Bertz CT molecular complexity index is 564. The first-order valence-corrected chi connectivity index (χ1v) is 5.28. The predicted octanol–water partition coefficient (Wildman–Crippen LogP) is 2.43. The Hall–Kier alpha value is -2.07. The van der Waals surface area contributed by atoms with E-state index in [4.69, 9.17) is 5.11 Å². The molecule has 88 valence electrons. The number of nitrogens with zero attached hydrogens (tertiary/aromatic N) is 1. The quantitative estimate of drug-likeness (QED) is 0.795. The second kappa shape index (κ2) is 4.43. The highest BCUT2D eigenvalue weighted by Gasteiger charge is 2.10. The van der Waals surface area contributed by atoms with Crippen LogP contribution in [0.15, 0.2) is 36.4 Å². The van der Waals surface area contributed by atoms with Crippen molar-refractivity contribution in [3.8, 4) is 0 Å². The molecule has 4 nitrogen and oxygen atoms in total. The fraction of sp³-hybridized carbons (Fsp3) is 0.154. The number of carboxylic acids is 1. The summed E-state index contributed by atoms with van der Waals surface area (Å²) in [5.74, 6) is -0.905. The summed E-state index contributed by atoms with van der Waals surface area (Å²) in [7, 11) is 3.78. The number of carboxylic acid groups (broad SMARTS) is 1. The molecule has 0 atom stereocenters. The van der Waals surface area contributed by atoms with Crippen molar-refractivity contribution < 1.29 is 9.90 Å². The first-order chi connectivity index (χ1) is 8.09. The van der Waals surface area contributed by atoms with E-state index in [2.05, 4.69) is 5.43 Å². The van der Waals surface area contributed by atoms with Gasteiger partial charge >= 0.3 is 5.97 Å². The molecule has 0 spiro atoms. The standard InChI is InChI=1S/C13H14N2O2/c1-15(2)14-12-8-7-11(13(16)17)9-5-3-4-6-10(9)12/h3-8,14H,1-2H3,(H,16,17). The first kappa shape index (κ1) is 11.4. The zero-order chi connectivity index (χ0) is 12.4. The van der Waals surface area contributed by atoms with E-state index >= 15 is 0 Å². The average molecular weight is 230 g/mol. The number of fused-ring (bicyclic) bond motifs is 1. The van der Waals surface area contributed by atoms with E-state index in [-0.39, 0.29) is 0 Å². The van der Waals surface area contributed by atoms with Gasteiger partial charge < -0.3 is 10.5 Å². The summed E-state index contributed by atoms with van der Waals surface area (Å²) >= 11 is 0. The molecule has 2 aromatic rings. The maximum absolute atomic E-state index is 11.1. The maximum Gasteiger partial charge on any atom is 0.336 e. The molecular weight excluding hydrogens is 216 g/mol. The molecule has 0 amide bonds. The third-order valence-corrected chi connectivity index (χ3v) is 2.50. The van der Waals surface area contributed by atoms with Crippen LogP contribution in [0.2, 0.25) is 0 Å². The number of aromatic carboxylic acids is 1. The van der Waals surface area contributed by atoms with Crippen LogP contribution in [0.1, 0.15) is 10.4 Å². The molecule has 0 aliphatic carbocycles. The van der Waals surface area contributed by atoms with Crippen LogP contribution in [0.3, 0.4) is 0 Å². The number of carbonyl (C=O) groups is 1. The van der Waals surface area contributed by atoms with Gasteiger partial charge in [0.2, 0.25) is 0 Å². The van der Waals surface area contributed by atoms with Gasteiger partial charge in [-0.25, -0.2) is 9.80 Å². The number of benzene rings is 2. The van der Waals surface area contributed by atoms with E-state index in [1.165, 1.54) is 0 Å². The molecule has 0 saturated heterocycles. The number of hydrogen-bond acceptors (Lipinski definition) is 3. The molecular formula is C13H14N2O2. The van der Waals surface area contributed by atoms with Gasteiger partial charge in [0.25, 0.3) is 0 Å². The van der Waals surface area contributed by atoms with Gasteiger partial charge in [-0.1, -0.05) is 24.3 Å². The molecule has 0 fully saturated rings. The minimum atomic E-state index is -0.905. The van der Waals surface area contributed by atoms with E-state index in [0.717, 1.165) is 16.5 Å². The number of anilines is 1. The van der Waals surface area contributed by atoms with Gasteiger partial charge in [-0.3, -0.25) is 0 Å². The van der Waals surface area contributed by atoms with Crippen molar-refractivity contribution in [2.45, 2.75) is 0 Å². The van der Waals surface area contributed by atoms with Crippen molar-refractivity contribution in [2.75, 3.05) is 19.5 Å². The van der Waals surface area contributed by atoms with Crippen molar-refractivity contribution in [3.05, 3.63) is 42.0 Å². The van der Waals surface area contributed by atoms with Crippen molar-refractivity contribution in [1.29, 1.82) is 0 Å². The predicted molar refractivity (Wildman–Crippen MR) is 68.2 cm³/mol. The van der Waals surface area contributed by atoms with Gasteiger partial charge in [-0.05, 0) is 17.5 Å². The highest BCUT2D eigenvalue weighted by molar-refractivity contribution is 6.07. The van der Waals surface area contributed by atoms with Gasteiger partial charge in [-0.2, -0.15) is 0 Å². The van der Waals surface area contributed by atoms with E-state index in [0.29, 0.717) is 5.56 Å². The fourth-order valence-corrected chi connectivity index (χ4v) is 1.82. The lowest BCUT2D eigenvalue weighted by atomic mass is 10.0. The summed E-state index contributed by atoms with van der Waals surface area (Å²) in [5.41, 5.74) is 4.38. The SMILES string of the molecule is CN(C)Nc1ccc(C(=O)O)c2ccccc12. The summed E-state index contributed by atoms with van der Waals surface area (Å²) in [4.78, 5) is 11.1. The third kappa shape index (κ3) is 2.21. The Balaban J connectivity index is 2.66. The molecule has 0 saturated carbocycles. The highest BCUT2D eigenvalue weighted by Crippen LogP contribution is 2.26. The number of nitrogens with one attached hydrogen (secondary N) is 1. The first-order valence-electron chi connectivity index (χ1n) is 5.28. The molecule has 0 aromatic heterocycles. The second-order valence-corrected chi connectivity index (χ2v) is 4.02.